The van der Waals surface area contributed by atoms with Crippen molar-refractivity contribution in [2.45, 2.75) is 69.7 Å². The molecule has 37 heteroatoms. The highest BCUT2D eigenvalue weighted by molar-refractivity contribution is 6.42. The summed E-state index contributed by atoms with van der Waals surface area (Å²) in [7, 11) is 12.6. The van der Waals surface area contributed by atoms with Crippen LogP contribution in [0.4, 0.5) is 17.8 Å². The fraction of sp³-hybridized carbons (Fsp3) is 0.345. The van der Waals surface area contributed by atoms with Gasteiger partial charge in [-0.25, -0.2) is 39.9 Å². The van der Waals surface area contributed by atoms with E-state index in [1.807, 2.05) is 48.5 Å². The minimum Gasteiger partial charge on any atom is -0.495 e. The molecule has 12 aromatic rings. The average Bonchev–Trinajstić information content (AvgIpc) is 1.04. The van der Waals surface area contributed by atoms with Crippen molar-refractivity contribution >= 4 is 138 Å². The number of fused-ring (bicyclic) bond motifs is 3. The van der Waals surface area contributed by atoms with Gasteiger partial charge in [0.2, 0.25) is 17.8 Å². The molecule has 16 rings (SSSR count). The third-order valence-electron chi connectivity index (χ3n) is 21.5. The van der Waals surface area contributed by atoms with Crippen LogP contribution in [0.3, 0.4) is 0 Å². The molecule has 9 aromatic heterocycles. The lowest BCUT2D eigenvalue weighted by Gasteiger charge is -2.19. The van der Waals surface area contributed by atoms with Gasteiger partial charge in [0.05, 0.1) is 191 Å². The highest BCUT2D eigenvalue weighted by Crippen LogP contribution is 2.50. The van der Waals surface area contributed by atoms with E-state index in [-0.39, 0.29) is 63.3 Å². The summed E-state index contributed by atoms with van der Waals surface area (Å²) >= 11 is 40.5. The number of ketones is 3. The standard InChI is InChI=1S/C30H30Cl2N6O4.C29H30Cl2N6O5.C28H28Cl2N6O4/c1-4-20(39)7-18-14-42-15-22(18)36-30-33-10-17-8-21(25-26(31)23(40-2)9-24(41-3)27(25)32)35-29(28(17)37-30)19-11-34-38(13-19)12-16-5-6-16;1-5-19(38)8-17-14-42-15-21(17)35-29-32-11-16-9-20(24-25(30)22(40-3)10-23(41-4)26(24)31)34-28(27(16)36-29)18-12-33-37(13-18)6-7-39-2;1-5-18(37)7-17-13-40-14-21(17)34-28-31-11-16-8-19(24-25(29)22(38-3)9-23(39-4)26(24)30)33-20(27(16)35-28)6-15-10-32-36(2)12-15/h4,8-11,13,16,18,22H,1,5-7,12,14-15H2,2-3H3,(H,33,36,37);5,9-13,17,21H,1,6-8,14-15H2,2-4H3,(H,32,35,36);5,8-12,17,21H,1,6-7,13-14H2,2-4H3,(H,31,34,35)/t18-,22+;2*17-,21+/m000/s1. The molecule has 0 spiro atoms. The van der Waals surface area contributed by atoms with Crippen LogP contribution in [0.1, 0.15) is 43.4 Å². The van der Waals surface area contributed by atoms with Gasteiger partial charge in [-0.3, -0.25) is 33.4 Å². The number of halogens is 6. The number of carbonyl (C=O) groups excluding carboxylic acids is 3. The minimum atomic E-state index is -0.138. The van der Waals surface area contributed by atoms with Crippen LogP contribution in [0.25, 0.3) is 89.0 Å². The number of aromatic nitrogens is 15. The average molecular weight is 1810 g/mol. The van der Waals surface area contributed by atoms with E-state index in [1.165, 1.54) is 73.7 Å². The Morgan fingerprint density at radius 3 is 1.17 bits per heavy atom. The van der Waals surface area contributed by atoms with E-state index in [4.69, 9.17) is 147 Å². The Balaban J connectivity index is 0.000000151. The van der Waals surface area contributed by atoms with Crippen molar-refractivity contribution < 1.29 is 61.8 Å². The maximum absolute atomic E-state index is 12.0. The molecule has 0 amide bonds. The summed E-state index contributed by atoms with van der Waals surface area (Å²) in [6.45, 7) is 15.4. The molecule has 1 aliphatic carbocycles. The van der Waals surface area contributed by atoms with Crippen molar-refractivity contribution in [3.8, 4) is 90.8 Å². The van der Waals surface area contributed by atoms with Gasteiger partial charge in [0.15, 0.2) is 17.3 Å². The molecule has 0 radical (unpaired) electrons. The quantitative estimate of drug-likeness (QED) is 0.0322. The predicted molar refractivity (Wildman–Crippen MR) is 475 cm³/mol. The molecule has 0 bridgehead atoms. The number of hydrogen-bond donors (Lipinski definition) is 3. The van der Waals surface area contributed by atoms with Crippen molar-refractivity contribution in [3.05, 3.63) is 172 Å². The van der Waals surface area contributed by atoms with Crippen molar-refractivity contribution in [2.24, 2.45) is 30.7 Å². The fourth-order valence-corrected chi connectivity index (χ4v) is 16.8. The summed E-state index contributed by atoms with van der Waals surface area (Å²) in [5, 5.41) is 27.4. The zero-order valence-electron chi connectivity index (χ0n) is 68.9. The van der Waals surface area contributed by atoms with Gasteiger partial charge in [0.1, 0.15) is 56.9 Å². The van der Waals surface area contributed by atoms with Crippen LogP contribution in [0.15, 0.2) is 130 Å². The Kier molecular flexibility index (Phi) is 28.9. The van der Waals surface area contributed by atoms with Gasteiger partial charge in [0, 0.05) is 163 Å². The number of allylic oxidation sites excluding steroid dienone is 3. The number of hydrogen-bond acceptors (Lipinski definition) is 28. The third-order valence-corrected chi connectivity index (χ3v) is 23.7. The van der Waals surface area contributed by atoms with Crippen LogP contribution in [0, 0.1) is 23.7 Å². The van der Waals surface area contributed by atoms with Crippen LogP contribution in [0.2, 0.25) is 30.1 Å². The highest BCUT2D eigenvalue weighted by atomic mass is 35.5. The molecule has 12 heterocycles. The number of rotatable bonds is 33. The van der Waals surface area contributed by atoms with Crippen LogP contribution in [0.5, 0.6) is 34.5 Å². The molecule has 3 saturated heterocycles. The lowest BCUT2D eigenvalue weighted by molar-refractivity contribution is -0.116. The first kappa shape index (κ1) is 89.1. The fourth-order valence-electron chi connectivity index (χ4n) is 14.7. The van der Waals surface area contributed by atoms with Crippen molar-refractivity contribution in [2.75, 3.05) is 112 Å². The number of ether oxygens (including phenoxy) is 10. The number of carbonyl (C=O) groups is 3. The monoisotopic (exact) mass is 1800 g/mol. The van der Waals surface area contributed by atoms with Gasteiger partial charge in [-0.05, 0) is 60.8 Å². The summed E-state index contributed by atoms with van der Waals surface area (Å²) in [6.07, 6.45) is 24.1. The zero-order chi connectivity index (χ0) is 87.6. The van der Waals surface area contributed by atoms with Gasteiger partial charge in [-0.15, -0.1) is 0 Å². The van der Waals surface area contributed by atoms with E-state index in [1.54, 1.807) is 71.9 Å². The van der Waals surface area contributed by atoms with Crippen molar-refractivity contribution in [3.63, 3.8) is 0 Å². The van der Waals surface area contributed by atoms with Crippen LogP contribution in [-0.4, -0.2) is 206 Å². The van der Waals surface area contributed by atoms with E-state index in [0.29, 0.717) is 230 Å². The molecule has 31 nitrogen and oxygen atoms in total. The molecule has 646 valence electrons. The van der Waals surface area contributed by atoms with E-state index < -0.39 is 0 Å². The molecule has 4 fully saturated rings. The highest BCUT2D eigenvalue weighted by Gasteiger charge is 2.35. The predicted octanol–water partition coefficient (Wildman–Crippen LogP) is 15.9. The maximum Gasteiger partial charge on any atom is 0.223 e. The Morgan fingerprint density at radius 2 is 0.815 bits per heavy atom. The molecule has 124 heavy (non-hydrogen) atoms. The largest absolute Gasteiger partial charge is 0.495 e. The van der Waals surface area contributed by atoms with Crippen molar-refractivity contribution in [1.82, 2.24) is 74.2 Å². The Morgan fingerprint density at radius 1 is 0.452 bits per heavy atom. The number of pyridine rings is 3. The first-order valence-electron chi connectivity index (χ1n) is 39.4. The van der Waals surface area contributed by atoms with E-state index in [0.717, 1.165) is 34.0 Å². The van der Waals surface area contributed by atoms with Crippen molar-refractivity contribution in [1.29, 1.82) is 0 Å². The molecular formula is C87H88Cl6N18O13. The summed E-state index contributed by atoms with van der Waals surface area (Å²) < 4.78 is 60.4. The zero-order valence-corrected chi connectivity index (χ0v) is 73.5. The number of methoxy groups -OCH3 is 7. The van der Waals surface area contributed by atoms with E-state index in [2.05, 4.69) is 65.9 Å². The molecule has 3 aromatic carbocycles. The SMILES string of the molecule is C=CC(=O)C[C@H]1COC[C@H]1Nc1ncc2cc(-c3c(Cl)c(OC)cc(OC)c3Cl)nc(-c3cnn(CC4CC4)c3)c2n1.C=CC(=O)C[C@H]1COC[C@H]1Nc1ncc2cc(-c3c(Cl)c(OC)cc(OC)c3Cl)nc(-c3cnn(CCOC)c3)c2n1.C=CC(=O)C[C@H]1COC[C@H]1Nc1ncc2cc(-c3c(Cl)c(OC)cc(OC)c3Cl)nc(Cc3cnn(C)c3)c2n1. The summed E-state index contributed by atoms with van der Waals surface area (Å²) in [4.78, 5) is 79.2. The second kappa shape index (κ2) is 40.2. The van der Waals surface area contributed by atoms with E-state index in [9.17, 15) is 14.4 Å². The second-order valence-electron chi connectivity index (χ2n) is 29.8. The first-order chi connectivity index (χ1) is 60.0. The molecule has 4 aliphatic rings. The van der Waals surface area contributed by atoms with Crippen LogP contribution >= 0.6 is 69.6 Å². The Labute approximate surface area is 743 Å². The van der Waals surface area contributed by atoms with Gasteiger partial charge >= 0.3 is 0 Å². The smallest absolute Gasteiger partial charge is 0.223 e. The molecule has 6 atom stereocenters. The maximum atomic E-state index is 12.0. The van der Waals surface area contributed by atoms with Crippen LogP contribution in [-0.2, 0) is 59.9 Å². The van der Waals surface area contributed by atoms with Gasteiger partial charge in [0.25, 0.3) is 0 Å². The molecule has 3 aliphatic heterocycles. The molecule has 0 unspecified atom stereocenters. The normalized spacial score (nSPS) is 17.2. The second-order valence-corrected chi connectivity index (χ2v) is 32.0. The van der Waals surface area contributed by atoms with E-state index >= 15 is 0 Å². The number of aryl methyl sites for hydroxylation is 1. The van der Waals surface area contributed by atoms with Gasteiger partial charge in [-0.2, -0.15) is 15.3 Å². The number of nitrogens with one attached hydrogen (secondary N) is 3. The summed E-state index contributed by atoms with van der Waals surface area (Å²) in [5.74, 6) is 4.16. The third kappa shape index (κ3) is 20.1. The number of benzene rings is 3. The summed E-state index contributed by atoms with van der Waals surface area (Å²) in [6, 6.07) is 10.0. The minimum absolute atomic E-state index is 0.00696. The lowest BCUT2D eigenvalue weighted by atomic mass is 9.97. The summed E-state index contributed by atoms with van der Waals surface area (Å²) in [5.41, 5.74) is 9.09. The Hall–Kier alpha value is -11.2. The number of anilines is 3. The molecule has 3 N–H and O–H groups in total. The van der Waals surface area contributed by atoms with Gasteiger partial charge < -0.3 is 63.3 Å². The van der Waals surface area contributed by atoms with Crippen LogP contribution < -0.4 is 44.4 Å². The topological polar surface area (TPSA) is 349 Å². The molecular weight excluding hydrogens is 1720 g/mol. The van der Waals surface area contributed by atoms with Gasteiger partial charge in [-0.1, -0.05) is 89.3 Å². The first-order valence-corrected chi connectivity index (χ1v) is 41.7. The number of nitrogens with zero attached hydrogens (tertiary/aromatic N) is 15. The molecule has 1 saturated carbocycles. The lowest BCUT2D eigenvalue weighted by Crippen LogP contribution is -2.30. The Bertz CT molecular complexity index is 5950.